The number of hydrogen-bond acceptors (Lipinski definition) is 4. The molecule has 2 N–H and O–H groups in total. The van der Waals surface area contributed by atoms with Crippen LogP contribution < -0.4 is 20.1 Å². The van der Waals surface area contributed by atoms with Crippen LogP contribution in [0.3, 0.4) is 0 Å². The molecule has 6 nitrogen and oxygen atoms in total. The van der Waals surface area contributed by atoms with E-state index in [4.69, 9.17) is 9.47 Å². The molecule has 7 heteroatoms. The van der Waals surface area contributed by atoms with Gasteiger partial charge in [-0.2, -0.15) is 0 Å². The van der Waals surface area contributed by atoms with E-state index in [1.807, 2.05) is 13.8 Å². The van der Waals surface area contributed by atoms with Gasteiger partial charge in [-0.25, -0.2) is 9.18 Å². The number of ether oxygens (including phenoxy) is 2. The van der Waals surface area contributed by atoms with Gasteiger partial charge in [-0.05, 0) is 56.8 Å². The van der Waals surface area contributed by atoms with Crippen molar-refractivity contribution in [2.45, 2.75) is 33.2 Å². The van der Waals surface area contributed by atoms with Crippen LogP contribution in [0, 0.1) is 5.82 Å². The molecule has 0 aliphatic heterocycles. The minimum atomic E-state index is -0.673. The van der Waals surface area contributed by atoms with Crippen LogP contribution in [0.25, 0.3) is 0 Å². The van der Waals surface area contributed by atoms with Crippen molar-refractivity contribution in [2.75, 3.05) is 38.7 Å². The van der Waals surface area contributed by atoms with Crippen LogP contribution in [0.1, 0.15) is 33.3 Å². The van der Waals surface area contributed by atoms with Gasteiger partial charge < -0.3 is 25.0 Å². The zero-order valence-corrected chi connectivity index (χ0v) is 18.4. The van der Waals surface area contributed by atoms with Gasteiger partial charge in [-0.3, -0.25) is 0 Å². The maximum atomic E-state index is 13.2. The molecule has 2 aromatic carbocycles. The average molecular weight is 418 g/mol. The quantitative estimate of drug-likeness (QED) is 0.593. The molecule has 2 aromatic rings. The highest BCUT2D eigenvalue weighted by atomic mass is 19.1. The molecular weight excluding hydrogens is 385 g/mol. The average Bonchev–Trinajstić information content (AvgIpc) is 2.71. The number of hydrogen-bond donors (Lipinski definition) is 2. The second-order valence-electron chi connectivity index (χ2n) is 7.45. The first kappa shape index (κ1) is 23.5. The van der Waals surface area contributed by atoms with Gasteiger partial charge >= 0.3 is 6.03 Å². The summed E-state index contributed by atoms with van der Waals surface area (Å²) in [4.78, 5) is 14.8. The molecule has 0 saturated heterocycles. The Morgan fingerprint density at radius 1 is 1.07 bits per heavy atom. The molecule has 0 aromatic heterocycles. The Kier molecular flexibility index (Phi) is 8.47. The van der Waals surface area contributed by atoms with Gasteiger partial charge in [0.1, 0.15) is 12.4 Å². The van der Waals surface area contributed by atoms with Gasteiger partial charge in [0.2, 0.25) is 0 Å². The molecule has 0 aliphatic carbocycles. The third kappa shape index (κ3) is 6.62. The Hall–Kier alpha value is -2.80. The Morgan fingerprint density at radius 3 is 2.33 bits per heavy atom. The molecule has 0 radical (unpaired) electrons. The van der Waals surface area contributed by atoms with Crippen molar-refractivity contribution in [2.24, 2.45) is 0 Å². The second kappa shape index (κ2) is 10.8. The van der Waals surface area contributed by atoms with Gasteiger partial charge in [-0.15, -0.1) is 0 Å². The van der Waals surface area contributed by atoms with Gasteiger partial charge in [0.05, 0.1) is 12.6 Å². The smallest absolute Gasteiger partial charge is 0.319 e. The van der Waals surface area contributed by atoms with Gasteiger partial charge in [0.25, 0.3) is 0 Å². The van der Waals surface area contributed by atoms with E-state index in [9.17, 15) is 9.18 Å². The number of nitrogens with one attached hydrogen (secondary N) is 2. The maximum absolute atomic E-state index is 13.2. The molecule has 2 rings (SSSR count). The molecule has 0 saturated carbocycles. The summed E-state index contributed by atoms with van der Waals surface area (Å²) in [6, 6.07) is 10.9. The van der Waals surface area contributed by atoms with Crippen LogP contribution in [-0.2, 0) is 5.54 Å². The number of rotatable bonds is 10. The van der Waals surface area contributed by atoms with Crippen molar-refractivity contribution in [1.82, 2.24) is 10.2 Å². The van der Waals surface area contributed by atoms with E-state index >= 15 is 0 Å². The SMILES string of the molecule is CCN(CC)CCOc1cc(NC(=O)NC(C)(C)c2ccc(F)cc2)ccc1OC. The van der Waals surface area contributed by atoms with E-state index in [1.165, 1.54) is 12.1 Å². The second-order valence-corrected chi connectivity index (χ2v) is 7.45. The van der Waals surface area contributed by atoms with Crippen molar-refractivity contribution in [1.29, 1.82) is 0 Å². The Bertz CT molecular complexity index is 821. The van der Waals surface area contributed by atoms with E-state index < -0.39 is 5.54 Å². The molecule has 164 valence electrons. The van der Waals surface area contributed by atoms with Crippen molar-refractivity contribution in [3.63, 3.8) is 0 Å². The predicted octanol–water partition coefficient (Wildman–Crippen LogP) is 4.61. The summed E-state index contributed by atoms with van der Waals surface area (Å²) in [6.45, 7) is 11.2. The maximum Gasteiger partial charge on any atom is 0.319 e. The lowest BCUT2D eigenvalue weighted by atomic mass is 9.94. The highest BCUT2D eigenvalue weighted by Gasteiger charge is 2.23. The van der Waals surface area contributed by atoms with Crippen LogP contribution >= 0.6 is 0 Å². The van der Waals surface area contributed by atoms with E-state index in [1.54, 1.807) is 37.4 Å². The monoisotopic (exact) mass is 417 g/mol. The lowest BCUT2D eigenvalue weighted by molar-refractivity contribution is 0.217. The largest absolute Gasteiger partial charge is 0.493 e. The molecule has 0 atom stereocenters. The number of amides is 2. The Labute approximate surface area is 178 Å². The summed E-state index contributed by atoms with van der Waals surface area (Å²) in [5.41, 5.74) is 0.711. The molecule has 0 aliphatic rings. The minimum absolute atomic E-state index is 0.314. The molecule has 0 heterocycles. The number of halogens is 1. The highest BCUT2D eigenvalue weighted by Crippen LogP contribution is 2.30. The number of urea groups is 1. The molecule has 2 amide bonds. The number of carbonyl (C=O) groups is 1. The lowest BCUT2D eigenvalue weighted by Crippen LogP contribution is -2.43. The molecular formula is C23H32FN3O3. The third-order valence-electron chi connectivity index (χ3n) is 4.97. The van der Waals surface area contributed by atoms with E-state index in [2.05, 4.69) is 29.4 Å². The molecule has 0 fully saturated rings. The topological polar surface area (TPSA) is 62.8 Å². The zero-order valence-electron chi connectivity index (χ0n) is 18.4. The van der Waals surface area contributed by atoms with Crippen LogP contribution in [0.2, 0.25) is 0 Å². The summed E-state index contributed by atoms with van der Waals surface area (Å²) in [6.07, 6.45) is 0. The predicted molar refractivity (Wildman–Crippen MR) is 118 cm³/mol. The van der Waals surface area contributed by atoms with E-state index in [0.717, 1.165) is 25.2 Å². The highest BCUT2D eigenvalue weighted by molar-refractivity contribution is 5.90. The normalized spacial score (nSPS) is 11.3. The summed E-state index contributed by atoms with van der Waals surface area (Å²) < 4.78 is 24.4. The van der Waals surface area contributed by atoms with Crippen molar-refractivity contribution < 1.29 is 18.7 Å². The molecule has 0 spiro atoms. The standard InChI is InChI=1S/C23H32FN3O3/c1-6-27(7-2)14-15-30-21-16-19(12-13-20(21)29-5)25-22(28)26-23(3,4)17-8-10-18(24)11-9-17/h8-13,16H,6-7,14-15H2,1-5H3,(H2,25,26,28). The van der Waals surface area contributed by atoms with E-state index in [-0.39, 0.29) is 11.8 Å². The number of anilines is 1. The van der Waals surface area contributed by atoms with Crippen molar-refractivity contribution in [3.8, 4) is 11.5 Å². The van der Waals surface area contributed by atoms with Gasteiger partial charge in [0.15, 0.2) is 11.5 Å². The summed E-state index contributed by atoms with van der Waals surface area (Å²) in [5.74, 6) is 0.859. The number of benzene rings is 2. The van der Waals surface area contributed by atoms with Crippen LogP contribution in [0.4, 0.5) is 14.9 Å². The van der Waals surface area contributed by atoms with Crippen molar-refractivity contribution >= 4 is 11.7 Å². The van der Waals surface area contributed by atoms with Gasteiger partial charge in [0, 0.05) is 18.3 Å². The van der Waals surface area contributed by atoms with Crippen LogP contribution in [0.15, 0.2) is 42.5 Å². The fraction of sp³-hybridized carbons (Fsp3) is 0.435. The lowest BCUT2D eigenvalue weighted by Gasteiger charge is -2.27. The number of likely N-dealkylation sites (N-methyl/N-ethyl adjacent to an activating group) is 1. The first-order valence-corrected chi connectivity index (χ1v) is 10.2. The van der Waals surface area contributed by atoms with Crippen LogP contribution in [0.5, 0.6) is 11.5 Å². The first-order chi connectivity index (χ1) is 14.3. The minimum Gasteiger partial charge on any atom is -0.493 e. The van der Waals surface area contributed by atoms with Gasteiger partial charge in [-0.1, -0.05) is 26.0 Å². The first-order valence-electron chi connectivity index (χ1n) is 10.2. The number of methoxy groups -OCH3 is 1. The molecule has 0 unspecified atom stereocenters. The fourth-order valence-corrected chi connectivity index (χ4v) is 3.08. The third-order valence-corrected chi connectivity index (χ3v) is 4.97. The number of carbonyl (C=O) groups excluding carboxylic acids is 1. The van der Waals surface area contributed by atoms with E-state index in [0.29, 0.717) is 23.8 Å². The summed E-state index contributed by atoms with van der Waals surface area (Å²) >= 11 is 0. The summed E-state index contributed by atoms with van der Waals surface area (Å²) in [5, 5.41) is 5.73. The Morgan fingerprint density at radius 2 is 1.73 bits per heavy atom. The molecule has 30 heavy (non-hydrogen) atoms. The van der Waals surface area contributed by atoms with Crippen molar-refractivity contribution in [3.05, 3.63) is 53.8 Å². The summed E-state index contributed by atoms with van der Waals surface area (Å²) in [7, 11) is 1.58. The molecule has 0 bridgehead atoms. The number of nitrogens with zero attached hydrogens (tertiary/aromatic N) is 1. The zero-order chi connectivity index (χ0) is 22.1. The van der Waals surface area contributed by atoms with Crippen LogP contribution in [-0.4, -0.2) is 44.3 Å². The Balaban J connectivity index is 2.02. The fourth-order valence-electron chi connectivity index (χ4n) is 3.08.